The van der Waals surface area contributed by atoms with Gasteiger partial charge in [0, 0.05) is 12.8 Å². The van der Waals surface area contributed by atoms with Crippen molar-refractivity contribution in [2.75, 3.05) is 47.5 Å². The van der Waals surface area contributed by atoms with E-state index in [1.807, 2.05) is 21.1 Å². The average Bonchev–Trinajstić information content (AvgIpc) is 0.965. The van der Waals surface area contributed by atoms with Gasteiger partial charge in [-0.05, 0) is 128 Å². The second-order valence-corrected chi connectivity index (χ2v) is 30.4. The Morgan fingerprint density at radius 3 is 0.748 bits per heavy atom. The lowest BCUT2D eigenvalue weighted by molar-refractivity contribution is -0.870. The molecule has 0 fully saturated rings. The Kier molecular flexibility index (Phi) is 81.9. The fourth-order valence-electron chi connectivity index (χ4n) is 12.3. The molecule has 0 saturated carbocycles. The van der Waals surface area contributed by atoms with Gasteiger partial charge in [0.2, 0.25) is 0 Å². The zero-order valence-electron chi connectivity index (χ0n) is 70.0. The molecule has 0 aromatic carbocycles. The molecular weight excluding hydrogens is 1320 g/mol. The van der Waals surface area contributed by atoms with Crippen LogP contribution in [0.15, 0.2) is 170 Å². The summed E-state index contributed by atoms with van der Waals surface area (Å²) >= 11 is 0. The molecule has 0 aromatic rings. The van der Waals surface area contributed by atoms with E-state index in [0.717, 1.165) is 128 Å². The number of carboxylic acids is 1. The molecule has 0 aliphatic rings. The number of ether oxygens (including phenoxy) is 4. The number of unbranched alkanes of at least 4 members (excludes halogenated alkanes) is 38. The van der Waals surface area contributed by atoms with Gasteiger partial charge in [-0.15, -0.1) is 0 Å². The quantitative estimate of drug-likeness (QED) is 0.0211. The molecule has 0 heterocycles. The van der Waals surface area contributed by atoms with E-state index < -0.39 is 24.3 Å². The molecule has 610 valence electrons. The zero-order chi connectivity index (χ0) is 77.4. The van der Waals surface area contributed by atoms with Gasteiger partial charge in [0.15, 0.2) is 6.10 Å². The van der Waals surface area contributed by atoms with Crippen molar-refractivity contribution in [1.29, 1.82) is 0 Å². The topological polar surface area (TPSA) is 108 Å². The maximum absolute atomic E-state index is 13.0. The first kappa shape index (κ1) is 102. The minimum absolute atomic E-state index is 0.183. The van der Waals surface area contributed by atoms with Crippen LogP contribution in [-0.4, -0.2) is 87.4 Å². The number of nitrogens with zero attached hydrogens (tertiary/aromatic N) is 1. The third-order valence-corrected chi connectivity index (χ3v) is 19.0. The minimum atomic E-state index is -1.52. The maximum atomic E-state index is 13.0. The first-order valence-electron chi connectivity index (χ1n) is 44.3. The number of aliphatic carboxylic acids is 1. The molecule has 2 atom stereocenters. The lowest BCUT2D eigenvalue weighted by Gasteiger charge is -2.25. The summed E-state index contributed by atoms with van der Waals surface area (Å²) in [5, 5.41) is 9.80. The van der Waals surface area contributed by atoms with Gasteiger partial charge in [-0.3, -0.25) is 9.59 Å². The average molecular weight is 1490 g/mol. The standard InChI is InChI=1S/C98H165NO8/c1-6-8-10-12-14-16-18-20-22-24-26-28-30-32-34-36-38-40-42-44-46-48-50-52-54-56-58-60-62-64-66-68-70-72-74-76-78-80-82-84-86-88-95(100)105-92-94(93-106-98(97(102)103)104-91-90-99(3,4)5)107-96(101)89-87-85-83-81-79-77-75-73-71-69-67-65-63-61-59-57-55-53-51-49-47-45-43-41-39-37-35-33-31-29-27-25-23-21-19-17-15-13-11-9-7-2/h8-11,14-17,20-23,26-29,32-35,39,41,45,47,51,53,57,59,94,98H,6-7,12-13,18-19,24-25,30-31,36-38,40,42-44,46,48-50,52,54-56,58,60-93H2,1-5H3/p+1/b10-8-,11-9-,16-14-,17-15-,22-20-,23-21-,28-26-,29-27-,34-32-,35-33-,41-39-,47-45-,53-51-,59-57-. The Morgan fingerprint density at radius 1 is 0.280 bits per heavy atom. The Labute approximate surface area is 660 Å². The van der Waals surface area contributed by atoms with Crippen LogP contribution < -0.4 is 0 Å². The molecule has 1 N–H and O–H groups in total. The molecule has 0 aromatic heterocycles. The Hall–Kier alpha value is -5.35. The predicted molar refractivity (Wildman–Crippen MR) is 465 cm³/mol. The summed E-state index contributed by atoms with van der Waals surface area (Å²) < 4.78 is 23.1. The number of carbonyl (C=O) groups is 3. The number of likely N-dealkylation sites (N-methyl/N-ethyl adjacent to an activating group) is 1. The van der Waals surface area contributed by atoms with Crippen LogP contribution in [0.25, 0.3) is 0 Å². The van der Waals surface area contributed by atoms with Gasteiger partial charge in [-0.2, -0.15) is 0 Å². The largest absolute Gasteiger partial charge is 0.477 e. The highest BCUT2D eigenvalue weighted by Crippen LogP contribution is 2.19. The molecule has 0 bridgehead atoms. The van der Waals surface area contributed by atoms with Gasteiger partial charge in [0.25, 0.3) is 6.29 Å². The number of carboxylic acid groups (broad SMARTS) is 1. The van der Waals surface area contributed by atoms with E-state index >= 15 is 0 Å². The predicted octanol–water partition coefficient (Wildman–Crippen LogP) is 29.3. The molecule has 0 radical (unpaired) electrons. The molecule has 0 saturated heterocycles. The smallest absolute Gasteiger partial charge is 0.361 e. The summed E-state index contributed by atoms with van der Waals surface area (Å²) in [4.78, 5) is 37.8. The summed E-state index contributed by atoms with van der Waals surface area (Å²) in [7, 11) is 5.99. The molecule has 9 heteroatoms. The summed E-state index contributed by atoms with van der Waals surface area (Å²) in [5.41, 5.74) is 0. The van der Waals surface area contributed by atoms with E-state index in [0.29, 0.717) is 23.9 Å². The lowest BCUT2D eigenvalue weighted by atomic mass is 10.0. The van der Waals surface area contributed by atoms with Gasteiger partial charge in [0.05, 0.1) is 34.4 Å². The molecule has 0 rings (SSSR count). The van der Waals surface area contributed by atoms with Crippen molar-refractivity contribution < 1.29 is 42.9 Å². The number of allylic oxidation sites excluding steroid dienone is 28. The molecule has 0 aliphatic heterocycles. The first-order valence-corrected chi connectivity index (χ1v) is 44.3. The Morgan fingerprint density at radius 2 is 0.505 bits per heavy atom. The summed E-state index contributed by atoms with van der Waals surface area (Å²) in [6.07, 6.45) is 127. The first-order chi connectivity index (χ1) is 52.6. The molecular formula is C98H166NO8+. The van der Waals surface area contributed by atoms with E-state index in [-0.39, 0.29) is 32.2 Å². The van der Waals surface area contributed by atoms with Crippen LogP contribution in [0, 0.1) is 0 Å². The summed E-state index contributed by atoms with van der Waals surface area (Å²) in [6.45, 7) is 4.68. The fourth-order valence-corrected chi connectivity index (χ4v) is 12.3. The Balaban J connectivity index is 3.99. The van der Waals surface area contributed by atoms with Crippen LogP contribution >= 0.6 is 0 Å². The summed E-state index contributed by atoms with van der Waals surface area (Å²) in [6, 6.07) is 0. The van der Waals surface area contributed by atoms with Crippen molar-refractivity contribution in [3.05, 3.63) is 170 Å². The second kappa shape index (κ2) is 86.2. The van der Waals surface area contributed by atoms with Gasteiger partial charge >= 0.3 is 17.9 Å². The number of carbonyl (C=O) groups excluding carboxylic acids is 2. The number of rotatable bonds is 81. The van der Waals surface area contributed by atoms with E-state index in [1.165, 1.54) is 212 Å². The van der Waals surface area contributed by atoms with E-state index in [1.54, 1.807) is 0 Å². The summed E-state index contributed by atoms with van der Waals surface area (Å²) in [5.74, 6) is -2.00. The van der Waals surface area contributed by atoms with Crippen molar-refractivity contribution in [2.24, 2.45) is 0 Å². The van der Waals surface area contributed by atoms with E-state index in [9.17, 15) is 19.5 Å². The number of hydrogen-bond acceptors (Lipinski definition) is 7. The van der Waals surface area contributed by atoms with Gasteiger partial charge in [0.1, 0.15) is 13.2 Å². The van der Waals surface area contributed by atoms with E-state index in [4.69, 9.17) is 18.9 Å². The van der Waals surface area contributed by atoms with E-state index in [2.05, 4.69) is 184 Å². The van der Waals surface area contributed by atoms with Crippen LogP contribution in [0.4, 0.5) is 0 Å². The van der Waals surface area contributed by atoms with Crippen molar-refractivity contribution >= 4 is 17.9 Å². The van der Waals surface area contributed by atoms with Crippen LogP contribution in [0.2, 0.25) is 0 Å². The van der Waals surface area contributed by atoms with Crippen LogP contribution in [0.3, 0.4) is 0 Å². The SMILES string of the molecule is CC/C=C\C/C=C\C/C=C\C/C=C\C/C=C\C/C=C\C/C=C\C/C=C\C/C=C\CCCCCCCCCCCCCCCC(=O)OC(COC(=O)CCCCCCCCCCCCCCCCCCCCCCCCCCC/C=C\C/C=C\C/C=C\C/C=C\C/C=C\CC)COC(OCC[N+](C)(C)C)C(=O)O. The van der Waals surface area contributed by atoms with Crippen molar-refractivity contribution in [1.82, 2.24) is 0 Å². The molecule has 9 nitrogen and oxygen atoms in total. The van der Waals surface area contributed by atoms with Gasteiger partial charge < -0.3 is 28.5 Å². The molecule has 2 unspecified atom stereocenters. The monoisotopic (exact) mass is 1490 g/mol. The number of esters is 2. The molecule has 0 spiro atoms. The molecule has 0 aliphatic carbocycles. The molecule has 107 heavy (non-hydrogen) atoms. The third kappa shape index (κ3) is 87.8. The van der Waals surface area contributed by atoms with Crippen molar-refractivity contribution in [3.8, 4) is 0 Å². The van der Waals surface area contributed by atoms with Crippen LogP contribution in [0.5, 0.6) is 0 Å². The van der Waals surface area contributed by atoms with Crippen LogP contribution in [0.1, 0.15) is 373 Å². The maximum Gasteiger partial charge on any atom is 0.361 e. The third-order valence-electron chi connectivity index (χ3n) is 19.0. The fraction of sp³-hybridized carbons (Fsp3) is 0.684. The van der Waals surface area contributed by atoms with Gasteiger partial charge in [-0.25, -0.2) is 4.79 Å². The lowest BCUT2D eigenvalue weighted by Crippen LogP contribution is -2.40. The number of hydrogen-bond donors (Lipinski definition) is 1. The van der Waals surface area contributed by atoms with Crippen LogP contribution in [-0.2, 0) is 33.3 Å². The Bertz CT molecular complexity index is 2380. The van der Waals surface area contributed by atoms with Crippen molar-refractivity contribution in [2.45, 2.75) is 386 Å². The molecule has 0 amide bonds. The van der Waals surface area contributed by atoms with Crippen molar-refractivity contribution in [3.63, 3.8) is 0 Å². The highest BCUT2D eigenvalue weighted by atomic mass is 16.7. The highest BCUT2D eigenvalue weighted by molar-refractivity contribution is 5.71. The minimum Gasteiger partial charge on any atom is -0.477 e. The number of quaternary nitrogens is 1. The second-order valence-electron chi connectivity index (χ2n) is 30.4. The zero-order valence-corrected chi connectivity index (χ0v) is 70.0. The normalized spacial score (nSPS) is 13.5. The van der Waals surface area contributed by atoms with Gasteiger partial charge in [-0.1, -0.05) is 402 Å². The highest BCUT2D eigenvalue weighted by Gasteiger charge is 2.25.